The van der Waals surface area contributed by atoms with Gasteiger partial charge in [0.1, 0.15) is 0 Å². The van der Waals surface area contributed by atoms with Gasteiger partial charge >= 0.3 is 0 Å². The predicted octanol–water partition coefficient (Wildman–Crippen LogP) is 2.65. The van der Waals surface area contributed by atoms with Gasteiger partial charge in [0, 0.05) is 19.2 Å². The molecule has 0 saturated heterocycles. The predicted molar refractivity (Wildman–Crippen MR) is 84.0 cm³/mol. The summed E-state index contributed by atoms with van der Waals surface area (Å²) >= 11 is 0. The highest BCUT2D eigenvalue weighted by atomic mass is 16.5. The molecule has 2 rings (SSSR count). The lowest BCUT2D eigenvalue weighted by atomic mass is 9.85. The Morgan fingerprint density at radius 1 is 1.14 bits per heavy atom. The third-order valence-electron chi connectivity index (χ3n) is 4.54. The van der Waals surface area contributed by atoms with E-state index in [0.29, 0.717) is 12.0 Å². The topological polar surface area (TPSA) is 50.7 Å². The molecule has 2 N–H and O–H groups in total. The summed E-state index contributed by atoms with van der Waals surface area (Å²) < 4.78 is 10.7. The minimum Gasteiger partial charge on any atom is -0.493 e. The van der Waals surface area contributed by atoms with Gasteiger partial charge in [-0.25, -0.2) is 0 Å². The van der Waals surface area contributed by atoms with Gasteiger partial charge in [-0.1, -0.05) is 12.8 Å². The van der Waals surface area contributed by atoms with Crippen LogP contribution >= 0.6 is 0 Å². The van der Waals surface area contributed by atoms with Gasteiger partial charge in [0.15, 0.2) is 11.5 Å². The number of hydrogen-bond donors (Lipinski definition) is 2. The van der Waals surface area contributed by atoms with Gasteiger partial charge in [0.25, 0.3) is 0 Å². The van der Waals surface area contributed by atoms with Crippen LogP contribution in [0.5, 0.6) is 11.5 Å². The summed E-state index contributed by atoms with van der Waals surface area (Å²) in [6.07, 6.45) is 4.76. The van der Waals surface area contributed by atoms with Gasteiger partial charge in [-0.05, 0) is 48.9 Å². The van der Waals surface area contributed by atoms with Crippen LogP contribution in [-0.4, -0.2) is 32.0 Å². The van der Waals surface area contributed by atoms with Gasteiger partial charge in [-0.3, -0.25) is 0 Å². The van der Waals surface area contributed by atoms with Gasteiger partial charge in [0.05, 0.1) is 14.2 Å². The third kappa shape index (κ3) is 3.89. The zero-order chi connectivity index (χ0) is 15.2. The highest BCUT2D eigenvalue weighted by Crippen LogP contribution is 2.31. The number of ether oxygens (including phenoxy) is 2. The van der Waals surface area contributed by atoms with Crippen molar-refractivity contribution in [2.24, 2.45) is 5.92 Å². The van der Waals surface area contributed by atoms with Crippen LogP contribution < -0.4 is 14.8 Å². The maximum Gasteiger partial charge on any atom is 0.161 e. The number of hydrogen-bond acceptors (Lipinski definition) is 4. The molecule has 2 atom stereocenters. The maximum atomic E-state index is 9.49. The molecule has 0 aromatic heterocycles. The van der Waals surface area contributed by atoms with E-state index >= 15 is 0 Å². The summed E-state index contributed by atoms with van der Waals surface area (Å²) in [5.74, 6) is 1.92. The Morgan fingerprint density at radius 3 is 2.48 bits per heavy atom. The third-order valence-corrected chi connectivity index (χ3v) is 4.54. The van der Waals surface area contributed by atoms with E-state index in [-0.39, 0.29) is 6.61 Å². The first-order chi connectivity index (χ1) is 10.2. The molecule has 0 amide bonds. The molecular weight excluding hydrogens is 266 g/mol. The Balaban J connectivity index is 2.05. The number of methoxy groups -OCH3 is 2. The van der Waals surface area contributed by atoms with E-state index in [9.17, 15) is 5.11 Å². The van der Waals surface area contributed by atoms with Crippen molar-refractivity contribution in [3.8, 4) is 11.5 Å². The Hall–Kier alpha value is -1.26. The van der Waals surface area contributed by atoms with E-state index < -0.39 is 0 Å². The smallest absolute Gasteiger partial charge is 0.161 e. The molecule has 21 heavy (non-hydrogen) atoms. The lowest BCUT2D eigenvalue weighted by Crippen LogP contribution is -2.39. The van der Waals surface area contributed by atoms with E-state index in [0.717, 1.165) is 30.9 Å². The Kier molecular flexibility index (Phi) is 5.88. The second kappa shape index (κ2) is 7.66. The van der Waals surface area contributed by atoms with Crippen LogP contribution in [0.15, 0.2) is 12.1 Å². The van der Waals surface area contributed by atoms with Gasteiger partial charge in [-0.2, -0.15) is 0 Å². The lowest BCUT2D eigenvalue weighted by molar-refractivity contribution is 0.152. The number of nitrogens with one attached hydrogen (secondary N) is 1. The minimum atomic E-state index is 0.280. The molecule has 0 radical (unpaired) electrons. The van der Waals surface area contributed by atoms with Crippen LogP contribution in [-0.2, 0) is 6.54 Å². The summed E-state index contributed by atoms with van der Waals surface area (Å²) in [5, 5.41) is 13.1. The Bertz CT molecular complexity index is 462. The van der Waals surface area contributed by atoms with Crippen molar-refractivity contribution in [2.45, 2.75) is 45.2 Å². The fourth-order valence-corrected chi connectivity index (χ4v) is 3.15. The van der Waals surface area contributed by atoms with Crippen molar-refractivity contribution in [1.82, 2.24) is 5.32 Å². The molecule has 0 heterocycles. The highest BCUT2D eigenvalue weighted by molar-refractivity contribution is 5.47. The van der Waals surface area contributed by atoms with E-state index in [1.165, 1.54) is 24.0 Å². The van der Waals surface area contributed by atoms with Crippen LogP contribution in [0, 0.1) is 12.8 Å². The highest BCUT2D eigenvalue weighted by Gasteiger charge is 2.24. The van der Waals surface area contributed by atoms with Crippen molar-refractivity contribution in [2.75, 3.05) is 20.8 Å². The zero-order valence-corrected chi connectivity index (χ0v) is 13.3. The molecule has 4 heteroatoms. The number of aliphatic hydroxyl groups is 1. The molecule has 4 nitrogen and oxygen atoms in total. The van der Waals surface area contributed by atoms with Crippen molar-refractivity contribution in [1.29, 1.82) is 0 Å². The quantitative estimate of drug-likeness (QED) is 0.846. The monoisotopic (exact) mass is 293 g/mol. The summed E-state index contributed by atoms with van der Waals surface area (Å²) in [4.78, 5) is 0. The summed E-state index contributed by atoms with van der Waals surface area (Å²) in [5.41, 5.74) is 2.41. The number of aliphatic hydroxyl groups excluding tert-OH is 1. The largest absolute Gasteiger partial charge is 0.493 e. The molecule has 0 bridgehead atoms. The van der Waals surface area contributed by atoms with E-state index in [4.69, 9.17) is 9.47 Å². The second-order valence-corrected chi connectivity index (χ2v) is 5.85. The minimum absolute atomic E-state index is 0.280. The molecule has 1 fully saturated rings. The second-order valence-electron chi connectivity index (χ2n) is 5.85. The van der Waals surface area contributed by atoms with E-state index in [1.54, 1.807) is 14.2 Å². The molecule has 1 aromatic carbocycles. The van der Waals surface area contributed by atoms with Gasteiger partial charge in [0.2, 0.25) is 0 Å². The molecule has 1 aliphatic carbocycles. The average molecular weight is 293 g/mol. The van der Waals surface area contributed by atoms with Crippen molar-refractivity contribution >= 4 is 0 Å². The van der Waals surface area contributed by atoms with Crippen molar-refractivity contribution in [3.63, 3.8) is 0 Å². The normalized spacial score (nSPS) is 22.1. The standard InChI is InChI=1S/C17H27NO3/c1-12-8-16(20-2)17(21-3)9-14(12)10-18-15-7-5-4-6-13(15)11-19/h8-9,13,15,18-19H,4-7,10-11H2,1-3H3. The molecular formula is C17H27NO3. The SMILES string of the molecule is COc1cc(C)c(CNC2CCCCC2CO)cc1OC. The van der Waals surface area contributed by atoms with Crippen molar-refractivity contribution < 1.29 is 14.6 Å². The van der Waals surface area contributed by atoms with Crippen LogP contribution in [0.2, 0.25) is 0 Å². The number of aryl methyl sites for hydroxylation is 1. The molecule has 1 saturated carbocycles. The Labute approximate surface area is 127 Å². The first-order valence-corrected chi connectivity index (χ1v) is 7.75. The molecule has 2 unspecified atom stereocenters. The summed E-state index contributed by atoms with van der Waals surface area (Å²) in [6, 6.07) is 4.47. The number of benzene rings is 1. The first-order valence-electron chi connectivity index (χ1n) is 7.75. The lowest BCUT2D eigenvalue weighted by Gasteiger charge is -2.31. The van der Waals surface area contributed by atoms with Gasteiger partial charge in [-0.15, -0.1) is 0 Å². The van der Waals surface area contributed by atoms with E-state index in [2.05, 4.69) is 12.2 Å². The summed E-state index contributed by atoms with van der Waals surface area (Å²) in [6.45, 7) is 3.17. The molecule has 0 spiro atoms. The summed E-state index contributed by atoms with van der Waals surface area (Å²) in [7, 11) is 3.32. The molecule has 1 aliphatic rings. The zero-order valence-electron chi connectivity index (χ0n) is 13.3. The van der Waals surface area contributed by atoms with E-state index in [1.807, 2.05) is 12.1 Å². The maximum absolute atomic E-state index is 9.49. The number of rotatable bonds is 6. The molecule has 1 aromatic rings. The first kappa shape index (κ1) is 16.1. The molecule has 0 aliphatic heterocycles. The average Bonchev–Trinajstić information content (AvgIpc) is 2.53. The van der Waals surface area contributed by atoms with Crippen LogP contribution in [0.3, 0.4) is 0 Å². The van der Waals surface area contributed by atoms with Crippen LogP contribution in [0.4, 0.5) is 0 Å². The van der Waals surface area contributed by atoms with Crippen molar-refractivity contribution in [3.05, 3.63) is 23.3 Å². The van der Waals surface area contributed by atoms with Crippen LogP contribution in [0.1, 0.15) is 36.8 Å². The fraction of sp³-hybridized carbons (Fsp3) is 0.647. The van der Waals surface area contributed by atoms with Crippen LogP contribution in [0.25, 0.3) is 0 Å². The fourth-order valence-electron chi connectivity index (χ4n) is 3.15. The van der Waals surface area contributed by atoms with Gasteiger partial charge < -0.3 is 19.9 Å². The Morgan fingerprint density at radius 2 is 1.81 bits per heavy atom. The molecule has 118 valence electrons.